The van der Waals surface area contributed by atoms with Crippen molar-refractivity contribution in [1.29, 1.82) is 0 Å². The summed E-state index contributed by atoms with van der Waals surface area (Å²) >= 11 is 3.11. The Morgan fingerprint density at radius 3 is 2.48 bits per heavy atom. The van der Waals surface area contributed by atoms with Gasteiger partial charge in [0.15, 0.2) is 0 Å². The number of anilines is 2. The van der Waals surface area contributed by atoms with Crippen LogP contribution >= 0.6 is 15.9 Å². The molecule has 2 aromatic carbocycles. The quantitative estimate of drug-likeness (QED) is 0.610. The molecule has 2 aromatic rings. The number of alkyl halides is 3. The Kier molecular flexibility index (Phi) is 4.17. The Balaban J connectivity index is 2.37. The van der Waals surface area contributed by atoms with E-state index >= 15 is 0 Å². The minimum Gasteiger partial charge on any atom is -0.350 e. The molecule has 0 fully saturated rings. The SMILES string of the molecule is O=[N+]([O-])c1cc(Br)ccc1Nc1cccc(C(F)(F)F)c1. The van der Waals surface area contributed by atoms with E-state index < -0.39 is 16.7 Å². The van der Waals surface area contributed by atoms with Crippen molar-refractivity contribution in [2.45, 2.75) is 6.18 Å². The molecule has 0 aliphatic rings. The van der Waals surface area contributed by atoms with Crippen molar-refractivity contribution in [2.24, 2.45) is 0 Å². The Bertz CT molecular complexity index is 689. The number of hydrogen-bond acceptors (Lipinski definition) is 3. The maximum absolute atomic E-state index is 12.6. The van der Waals surface area contributed by atoms with Gasteiger partial charge in [-0.2, -0.15) is 13.2 Å². The molecule has 0 aliphatic carbocycles. The first-order valence-electron chi connectivity index (χ1n) is 5.65. The van der Waals surface area contributed by atoms with Crippen LogP contribution in [0.25, 0.3) is 0 Å². The zero-order valence-corrected chi connectivity index (χ0v) is 11.9. The lowest BCUT2D eigenvalue weighted by atomic mass is 10.2. The monoisotopic (exact) mass is 360 g/mol. The molecule has 4 nitrogen and oxygen atoms in total. The molecule has 0 heterocycles. The Morgan fingerprint density at radius 2 is 1.86 bits per heavy atom. The van der Waals surface area contributed by atoms with Gasteiger partial charge in [0.2, 0.25) is 0 Å². The zero-order chi connectivity index (χ0) is 15.6. The second kappa shape index (κ2) is 5.72. The summed E-state index contributed by atoms with van der Waals surface area (Å²) in [5.74, 6) is 0. The van der Waals surface area contributed by atoms with E-state index in [2.05, 4.69) is 21.2 Å². The number of benzene rings is 2. The van der Waals surface area contributed by atoms with Gasteiger partial charge < -0.3 is 5.32 Å². The lowest BCUT2D eigenvalue weighted by Gasteiger charge is -2.11. The lowest BCUT2D eigenvalue weighted by molar-refractivity contribution is -0.384. The van der Waals surface area contributed by atoms with Crippen molar-refractivity contribution in [2.75, 3.05) is 5.32 Å². The van der Waals surface area contributed by atoms with Gasteiger partial charge in [-0.15, -0.1) is 0 Å². The van der Waals surface area contributed by atoms with Crippen LogP contribution in [-0.2, 0) is 6.18 Å². The number of nitro groups is 1. The molecule has 0 saturated heterocycles. The first-order chi connectivity index (χ1) is 9.77. The average Bonchev–Trinajstić information content (AvgIpc) is 2.40. The molecule has 0 radical (unpaired) electrons. The molecule has 2 rings (SSSR count). The second-order valence-corrected chi connectivity index (χ2v) is 5.04. The fourth-order valence-electron chi connectivity index (χ4n) is 1.69. The molecule has 0 amide bonds. The van der Waals surface area contributed by atoms with E-state index in [9.17, 15) is 23.3 Å². The molecular weight excluding hydrogens is 353 g/mol. The van der Waals surface area contributed by atoms with Gasteiger partial charge in [0, 0.05) is 16.2 Å². The maximum Gasteiger partial charge on any atom is 0.416 e. The highest BCUT2D eigenvalue weighted by atomic mass is 79.9. The van der Waals surface area contributed by atoms with Crippen LogP contribution in [0.5, 0.6) is 0 Å². The molecule has 0 aliphatic heterocycles. The van der Waals surface area contributed by atoms with Crippen LogP contribution in [0.3, 0.4) is 0 Å². The predicted octanol–water partition coefficient (Wildman–Crippen LogP) is 5.12. The van der Waals surface area contributed by atoms with E-state index in [0.29, 0.717) is 4.47 Å². The van der Waals surface area contributed by atoms with Crippen molar-refractivity contribution in [3.63, 3.8) is 0 Å². The standard InChI is InChI=1S/C13H8BrF3N2O2/c14-9-4-5-11(12(7-9)19(20)21)18-10-3-1-2-8(6-10)13(15,16)17/h1-7,18H. The largest absolute Gasteiger partial charge is 0.416 e. The number of nitro benzene ring substituents is 1. The first kappa shape index (κ1) is 15.3. The fourth-order valence-corrected chi connectivity index (χ4v) is 2.04. The number of nitrogens with one attached hydrogen (secondary N) is 1. The van der Waals surface area contributed by atoms with Gasteiger partial charge in [-0.3, -0.25) is 10.1 Å². The third-order valence-electron chi connectivity index (χ3n) is 2.63. The molecule has 0 bridgehead atoms. The third kappa shape index (κ3) is 3.72. The minimum atomic E-state index is -4.47. The van der Waals surface area contributed by atoms with E-state index in [4.69, 9.17) is 0 Å². The minimum absolute atomic E-state index is 0.113. The van der Waals surface area contributed by atoms with Gasteiger partial charge in [0.25, 0.3) is 5.69 Å². The maximum atomic E-state index is 12.6. The summed E-state index contributed by atoms with van der Waals surface area (Å²) in [6.07, 6.45) is -4.47. The van der Waals surface area contributed by atoms with E-state index in [1.165, 1.54) is 24.3 Å². The summed E-state index contributed by atoms with van der Waals surface area (Å²) in [7, 11) is 0. The van der Waals surface area contributed by atoms with Crippen LogP contribution in [0, 0.1) is 10.1 Å². The summed E-state index contributed by atoms with van der Waals surface area (Å²) in [5.41, 5.74) is -0.827. The second-order valence-electron chi connectivity index (χ2n) is 4.12. The van der Waals surface area contributed by atoms with Crippen LogP contribution < -0.4 is 5.32 Å². The molecular formula is C13H8BrF3N2O2. The van der Waals surface area contributed by atoms with Crippen molar-refractivity contribution in [3.05, 3.63) is 62.6 Å². The smallest absolute Gasteiger partial charge is 0.350 e. The summed E-state index contributed by atoms with van der Waals surface area (Å²) in [6, 6.07) is 8.71. The molecule has 8 heteroatoms. The van der Waals surface area contributed by atoms with Gasteiger partial charge in [-0.1, -0.05) is 22.0 Å². The number of nitrogens with zero attached hydrogens (tertiary/aromatic N) is 1. The molecule has 0 spiro atoms. The third-order valence-corrected chi connectivity index (χ3v) is 3.12. The summed E-state index contributed by atoms with van der Waals surface area (Å²) in [6.45, 7) is 0. The average molecular weight is 361 g/mol. The van der Waals surface area contributed by atoms with E-state index in [1.54, 1.807) is 6.07 Å². The normalized spacial score (nSPS) is 11.2. The van der Waals surface area contributed by atoms with Gasteiger partial charge in [0.1, 0.15) is 5.69 Å². The fraction of sp³-hybridized carbons (Fsp3) is 0.0769. The number of rotatable bonds is 3. The molecule has 0 atom stereocenters. The van der Waals surface area contributed by atoms with Gasteiger partial charge >= 0.3 is 6.18 Å². The van der Waals surface area contributed by atoms with E-state index in [1.807, 2.05) is 0 Å². The van der Waals surface area contributed by atoms with Gasteiger partial charge in [-0.25, -0.2) is 0 Å². The predicted molar refractivity (Wildman–Crippen MR) is 75.5 cm³/mol. The van der Waals surface area contributed by atoms with Crippen molar-refractivity contribution < 1.29 is 18.1 Å². The molecule has 0 unspecified atom stereocenters. The summed E-state index contributed by atoms with van der Waals surface area (Å²) < 4.78 is 38.4. The van der Waals surface area contributed by atoms with Crippen molar-refractivity contribution in [3.8, 4) is 0 Å². The number of halogens is 4. The van der Waals surface area contributed by atoms with E-state index in [-0.39, 0.29) is 17.1 Å². The highest BCUT2D eigenvalue weighted by Gasteiger charge is 2.30. The molecule has 1 N–H and O–H groups in total. The van der Waals surface area contributed by atoms with Crippen molar-refractivity contribution >= 4 is 33.0 Å². The van der Waals surface area contributed by atoms with Gasteiger partial charge in [0.05, 0.1) is 10.5 Å². The summed E-state index contributed by atoms with van der Waals surface area (Å²) in [5, 5.41) is 13.6. The number of hydrogen-bond donors (Lipinski definition) is 1. The Hall–Kier alpha value is -2.09. The van der Waals surface area contributed by atoms with Crippen LogP contribution in [0.4, 0.5) is 30.2 Å². The lowest BCUT2D eigenvalue weighted by Crippen LogP contribution is -2.05. The molecule has 0 saturated carbocycles. The molecule has 0 aromatic heterocycles. The zero-order valence-electron chi connectivity index (χ0n) is 10.3. The Labute approximate surface area is 125 Å². The first-order valence-corrected chi connectivity index (χ1v) is 6.45. The summed E-state index contributed by atoms with van der Waals surface area (Å²) in [4.78, 5) is 10.3. The van der Waals surface area contributed by atoms with Crippen LogP contribution in [-0.4, -0.2) is 4.92 Å². The van der Waals surface area contributed by atoms with Crippen LogP contribution in [0.1, 0.15) is 5.56 Å². The van der Waals surface area contributed by atoms with Gasteiger partial charge in [-0.05, 0) is 30.3 Å². The molecule has 110 valence electrons. The van der Waals surface area contributed by atoms with Crippen LogP contribution in [0.2, 0.25) is 0 Å². The topological polar surface area (TPSA) is 55.2 Å². The van der Waals surface area contributed by atoms with Crippen molar-refractivity contribution in [1.82, 2.24) is 0 Å². The highest BCUT2D eigenvalue weighted by molar-refractivity contribution is 9.10. The molecule has 21 heavy (non-hydrogen) atoms. The van der Waals surface area contributed by atoms with E-state index in [0.717, 1.165) is 12.1 Å². The highest BCUT2D eigenvalue weighted by Crippen LogP contribution is 2.34. The Morgan fingerprint density at radius 1 is 1.14 bits per heavy atom. The van der Waals surface area contributed by atoms with Crippen LogP contribution in [0.15, 0.2) is 46.9 Å².